The predicted octanol–water partition coefficient (Wildman–Crippen LogP) is 5.07. The van der Waals surface area contributed by atoms with E-state index in [1.54, 1.807) is 42.5 Å². The van der Waals surface area contributed by atoms with Crippen LogP contribution in [0, 0.1) is 0 Å². The Labute approximate surface area is 156 Å². The Bertz CT molecular complexity index is 803. The Kier molecular flexibility index (Phi) is 5.74. The second-order valence-corrected chi connectivity index (χ2v) is 7.00. The first-order chi connectivity index (χ1) is 12.1. The van der Waals surface area contributed by atoms with Crippen LogP contribution in [0.1, 0.15) is 23.4 Å². The third-order valence-electron chi connectivity index (χ3n) is 3.74. The summed E-state index contributed by atoms with van der Waals surface area (Å²) in [6, 6.07) is 20.7. The van der Waals surface area contributed by atoms with Gasteiger partial charge in [0.25, 0.3) is 5.91 Å². The molecule has 5 heteroatoms. The smallest absolute Gasteiger partial charge is 0.261 e. The maximum Gasteiger partial charge on any atom is 0.261 e. The van der Waals surface area contributed by atoms with E-state index in [0.29, 0.717) is 10.8 Å². The van der Waals surface area contributed by atoms with Gasteiger partial charge in [-0.2, -0.15) is 0 Å². The van der Waals surface area contributed by atoms with Crippen molar-refractivity contribution in [2.45, 2.75) is 19.1 Å². The molecule has 0 fully saturated rings. The van der Waals surface area contributed by atoms with Crippen LogP contribution in [0.5, 0.6) is 5.75 Å². The highest BCUT2D eigenvalue weighted by molar-refractivity contribution is 7.10. The highest BCUT2D eigenvalue weighted by atomic mass is 35.5. The van der Waals surface area contributed by atoms with Crippen LogP contribution >= 0.6 is 22.9 Å². The Hall–Kier alpha value is -2.30. The first kappa shape index (κ1) is 17.5. The van der Waals surface area contributed by atoms with Crippen molar-refractivity contribution < 1.29 is 9.53 Å². The zero-order valence-electron chi connectivity index (χ0n) is 13.7. The maximum absolute atomic E-state index is 12.6. The van der Waals surface area contributed by atoms with Gasteiger partial charge in [-0.25, -0.2) is 0 Å². The summed E-state index contributed by atoms with van der Waals surface area (Å²) in [5.74, 6) is 0.441. The summed E-state index contributed by atoms with van der Waals surface area (Å²) in [5, 5.41) is 5.72. The third kappa shape index (κ3) is 4.62. The van der Waals surface area contributed by atoms with Gasteiger partial charge in [0, 0.05) is 9.90 Å². The van der Waals surface area contributed by atoms with E-state index in [1.807, 2.05) is 47.8 Å². The standard InChI is InChI=1S/C20H18ClNO2S/c1-14(24-17-11-9-16(21)10-12-17)20(23)22-19(18-8-5-13-25-18)15-6-3-2-4-7-15/h2-14,19H,1H3,(H,22,23)/t14-,19-/m0/s1. The lowest BCUT2D eigenvalue weighted by molar-refractivity contribution is -0.127. The quantitative estimate of drug-likeness (QED) is 0.656. The van der Waals surface area contributed by atoms with Crippen molar-refractivity contribution in [3.63, 3.8) is 0 Å². The van der Waals surface area contributed by atoms with Gasteiger partial charge >= 0.3 is 0 Å². The molecule has 3 rings (SSSR count). The second-order valence-electron chi connectivity index (χ2n) is 5.58. The van der Waals surface area contributed by atoms with Crippen molar-refractivity contribution in [2.75, 3.05) is 0 Å². The lowest BCUT2D eigenvalue weighted by Crippen LogP contribution is -2.38. The van der Waals surface area contributed by atoms with Crippen LogP contribution in [-0.4, -0.2) is 12.0 Å². The molecule has 0 saturated heterocycles. The van der Waals surface area contributed by atoms with Gasteiger partial charge in [0.1, 0.15) is 5.75 Å². The monoisotopic (exact) mass is 371 g/mol. The Morgan fingerprint density at radius 3 is 2.40 bits per heavy atom. The number of carbonyl (C=O) groups is 1. The molecule has 0 radical (unpaired) electrons. The Morgan fingerprint density at radius 2 is 1.76 bits per heavy atom. The molecule has 0 bridgehead atoms. The molecule has 0 aliphatic heterocycles. The molecule has 1 aromatic heterocycles. The van der Waals surface area contributed by atoms with E-state index in [9.17, 15) is 4.79 Å². The van der Waals surface area contributed by atoms with Gasteiger partial charge in [0.05, 0.1) is 6.04 Å². The first-order valence-electron chi connectivity index (χ1n) is 7.94. The van der Waals surface area contributed by atoms with Crippen LogP contribution < -0.4 is 10.1 Å². The molecular formula is C20H18ClNO2S. The van der Waals surface area contributed by atoms with Gasteiger partial charge in [-0.1, -0.05) is 48.0 Å². The van der Waals surface area contributed by atoms with Crippen LogP contribution in [0.4, 0.5) is 0 Å². The van der Waals surface area contributed by atoms with Crippen molar-refractivity contribution in [1.29, 1.82) is 0 Å². The lowest BCUT2D eigenvalue weighted by atomic mass is 10.1. The number of benzene rings is 2. The van der Waals surface area contributed by atoms with Crippen molar-refractivity contribution >= 4 is 28.8 Å². The first-order valence-corrected chi connectivity index (χ1v) is 9.20. The highest BCUT2D eigenvalue weighted by Gasteiger charge is 2.22. The number of nitrogens with one attached hydrogen (secondary N) is 1. The molecule has 0 aliphatic rings. The van der Waals surface area contributed by atoms with Crippen molar-refractivity contribution in [3.05, 3.63) is 87.6 Å². The normalized spacial score (nSPS) is 13.0. The minimum Gasteiger partial charge on any atom is -0.481 e. The number of ether oxygens (including phenoxy) is 1. The summed E-state index contributed by atoms with van der Waals surface area (Å²) in [7, 11) is 0. The molecule has 0 spiro atoms. The largest absolute Gasteiger partial charge is 0.481 e. The molecule has 3 nitrogen and oxygen atoms in total. The fraction of sp³-hybridized carbons (Fsp3) is 0.150. The summed E-state index contributed by atoms with van der Waals surface area (Å²) >= 11 is 7.49. The van der Waals surface area contributed by atoms with Crippen LogP contribution in [0.3, 0.4) is 0 Å². The van der Waals surface area contributed by atoms with Gasteiger partial charge in [-0.15, -0.1) is 11.3 Å². The number of hydrogen-bond acceptors (Lipinski definition) is 3. The molecule has 3 aromatic rings. The van der Waals surface area contributed by atoms with Gasteiger partial charge in [-0.05, 0) is 48.2 Å². The van der Waals surface area contributed by atoms with Crippen molar-refractivity contribution in [1.82, 2.24) is 5.32 Å². The van der Waals surface area contributed by atoms with E-state index in [2.05, 4.69) is 5.32 Å². The number of carbonyl (C=O) groups excluding carboxylic acids is 1. The Balaban J connectivity index is 1.73. The number of hydrogen-bond donors (Lipinski definition) is 1. The lowest BCUT2D eigenvalue weighted by Gasteiger charge is -2.21. The molecule has 1 N–H and O–H groups in total. The van der Waals surface area contributed by atoms with Crippen molar-refractivity contribution in [3.8, 4) is 5.75 Å². The predicted molar refractivity (Wildman–Crippen MR) is 102 cm³/mol. The molecular weight excluding hydrogens is 354 g/mol. The minimum absolute atomic E-state index is 0.169. The van der Waals surface area contributed by atoms with E-state index < -0.39 is 6.10 Å². The zero-order valence-corrected chi connectivity index (χ0v) is 15.3. The minimum atomic E-state index is -0.618. The molecule has 0 unspecified atom stereocenters. The molecule has 0 aliphatic carbocycles. The van der Waals surface area contributed by atoms with Crippen LogP contribution in [0.2, 0.25) is 5.02 Å². The average molecular weight is 372 g/mol. The third-order valence-corrected chi connectivity index (χ3v) is 4.93. The van der Waals surface area contributed by atoms with E-state index >= 15 is 0 Å². The van der Waals surface area contributed by atoms with E-state index in [0.717, 1.165) is 10.4 Å². The molecule has 1 heterocycles. The van der Waals surface area contributed by atoms with Crippen LogP contribution in [0.15, 0.2) is 72.1 Å². The number of thiophene rings is 1. The Morgan fingerprint density at radius 1 is 1.04 bits per heavy atom. The van der Waals surface area contributed by atoms with Gasteiger partial charge in [-0.3, -0.25) is 4.79 Å². The summed E-state index contributed by atoms with van der Waals surface area (Å²) in [6.45, 7) is 1.74. The number of halogens is 1. The highest BCUT2D eigenvalue weighted by Crippen LogP contribution is 2.26. The molecule has 2 aromatic carbocycles. The second kappa shape index (κ2) is 8.19. The summed E-state index contributed by atoms with van der Waals surface area (Å²) in [6.07, 6.45) is -0.618. The van der Waals surface area contributed by atoms with Gasteiger partial charge in [0.2, 0.25) is 0 Å². The van der Waals surface area contributed by atoms with Gasteiger partial charge in [0.15, 0.2) is 6.10 Å². The number of amides is 1. The molecule has 25 heavy (non-hydrogen) atoms. The van der Waals surface area contributed by atoms with E-state index in [1.165, 1.54) is 0 Å². The summed E-state index contributed by atoms with van der Waals surface area (Å²) in [5.41, 5.74) is 1.04. The molecule has 1 amide bonds. The van der Waals surface area contributed by atoms with Crippen LogP contribution in [0.25, 0.3) is 0 Å². The topological polar surface area (TPSA) is 38.3 Å². The van der Waals surface area contributed by atoms with Gasteiger partial charge < -0.3 is 10.1 Å². The van der Waals surface area contributed by atoms with E-state index in [4.69, 9.17) is 16.3 Å². The average Bonchev–Trinajstić information content (AvgIpc) is 3.16. The molecule has 128 valence electrons. The summed E-state index contributed by atoms with van der Waals surface area (Å²) < 4.78 is 5.72. The summed E-state index contributed by atoms with van der Waals surface area (Å²) in [4.78, 5) is 13.7. The van der Waals surface area contributed by atoms with Crippen LogP contribution in [-0.2, 0) is 4.79 Å². The maximum atomic E-state index is 12.6. The SMILES string of the molecule is C[C@H](Oc1ccc(Cl)cc1)C(=O)N[C@@H](c1ccccc1)c1cccs1. The number of rotatable bonds is 6. The molecule has 0 saturated carbocycles. The fourth-order valence-electron chi connectivity index (χ4n) is 2.45. The van der Waals surface area contributed by atoms with E-state index in [-0.39, 0.29) is 11.9 Å². The molecule has 2 atom stereocenters. The van der Waals surface area contributed by atoms with Crippen molar-refractivity contribution in [2.24, 2.45) is 0 Å². The zero-order chi connectivity index (χ0) is 17.6. The fourth-order valence-corrected chi connectivity index (χ4v) is 3.38.